The fourth-order valence-corrected chi connectivity index (χ4v) is 3.92. The van der Waals surface area contributed by atoms with Gasteiger partial charge in [-0.2, -0.15) is 0 Å². The first kappa shape index (κ1) is 24.3. The molecule has 1 aliphatic rings. The van der Waals surface area contributed by atoms with Crippen LogP contribution >= 0.6 is 0 Å². The summed E-state index contributed by atoms with van der Waals surface area (Å²) in [4.78, 5) is 12.2. The number of aliphatic hydroxyl groups is 4. The van der Waals surface area contributed by atoms with Crippen LogP contribution < -0.4 is 0 Å². The average Bonchev–Trinajstić information content (AvgIpc) is 2.89. The van der Waals surface area contributed by atoms with Crippen molar-refractivity contribution in [2.75, 3.05) is 6.61 Å². The Labute approximate surface area is 164 Å². The van der Waals surface area contributed by atoms with E-state index in [-0.39, 0.29) is 30.6 Å². The monoisotopic (exact) mass is 384 g/mol. The summed E-state index contributed by atoms with van der Waals surface area (Å²) in [5.41, 5.74) is -0.727. The van der Waals surface area contributed by atoms with Crippen LogP contribution in [-0.2, 0) is 4.79 Å². The topological polar surface area (TPSA) is 98.0 Å². The molecule has 1 fully saturated rings. The van der Waals surface area contributed by atoms with E-state index in [0.717, 1.165) is 51.4 Å². The van der Waals surface area contributed by atoms with E-state index in [0.29, 0.717) is 12.8 Å². The molecule has 5 heteroatoms. The minimum absolute atomic E-state index is 0.125. The Morgan fingerprint density at radius 3 is 2.59 bits per heavy atom. The Morgan fingerprint density at radius 1 is 1.22 bits per heavy atom. The van der Waals surface area contributed by atoms with E-state index >= 15 is 0 Å². The molecule has 158 valence electrons. The number of unbranched alkanes of at least 4 members (excludes halogenated alkanes) is 4. The van der Waals surface area contributed by atoms with Crippen molar-refractivity contribution in [2.24, 2.45) is 11.8 Å². The van der Waals surface area contributed by atoms with Crippen molar-refractivity contribution < 1.29 is 25.2 Å². The van der Waals surface area contributed by atoms with Gasteiger partial charge in [-0.3, -0.25) is 4.79 Å². The van der Waals surface area contributed by atoms with Gasteiger partial charge in [0, 0.05) is 18.3 Å². The zero-order valence-corrected chi connectivity index (χ0v) is 17.1. The highest BCUT2D eigenvalue weighted by Gasteiger charge is 2.39. The van der Waals surface area contributed by atoms with Crippen molar-refractivity contribution >= 4 is 5.78 Å². The number of carbonyl (C=O) groups excluding carboxylic acids is 1. The molecule has 0 spiro atoms. The van der Waals surface area contributed by atoms with Crippen molar-refractivity contribution in [3.8, 4) is 0 Å². The van der Waals surface area contributed by atoms with E-state index in [1.54, 1.807) is 0 Å². The van der Waals surface area contributed by atoms with Crippen molar-refractivity contribution in [2.45, 2.75) is 102 Å². The van der Waals surface area contributed by atoms with Crippen LogP contribution in [0.15, 0.2) is 12.2 Å². The summed E-state index contributed by atoms with van der Waals surface area (Å²) >= 11 is 0. The Bertz CT molecular complexity index is 446. The third-order valence-corrected chi connectivity index (χ3v) is 5.73. The van der Waals surface area contributed by atoms with E-state index in [9.17, 15) is 20.1 Å². The first-order chi connectivity index (χ1) is 12.8. The summed E-state index contributed by atoms with van der Waals surface area (Å²) in [7, 11) is 0. The standard InChI is InChI=1S/C22H40O5/c1-3-4-13-22(2,27)14-9-12-19-18(20(25)15-21(19)26)11-8-6-5-7-10-17(24)16-23/h9,12,17-19,21,23-24,26-27H,3-8,10-11,13-16H2,1-2H3/t17?,18-,19-,21-,22?/m1/s1. The molecule has 0 aromatic carbocycles. The predicted molar refractivity (Wildman–Crippen MR) is 107 cm³/mol. The second-order valence-corrected chi connectivity index (χ2v) is 8.48. The summed E-state index contributed by atoms with van der Waals surface area (Å²) in [6, 6.07) is 0. The molecule has 1 rings (SSSR count). The van der Waals surface area contributed by atoms with Crippen LogP contribution in [0.4, 0.5) is 0 Å². The van der Waals surface area contributed by atoms with Gasteiger partial charge >= 0.3 is 0 Å². The molecular formula is C22H40O5. The average molecular weight is 385 g/mol. The maximum absolute atomic E-state index is 12.2. The van der Waals surface area contributed by atoms with Crippen LogP contribution in [0.25, 0.3) is 0 Å². The molecule has 1 aliphatic carbocycles. The van der Waals surface area contributed by atoms with Crippen LogP contribution in [0.5, 0.6) is 0 Å². The Morgan fingerprint density at radius 2 is 1.93 bits per heavy atom. The second-order valence-electron chi connectivity index (χ2n) is 8.48. The highest BCUT2D eigenvalue weighted by Crippen LogP contribution is 2.34. The molecule has 0 amide bonds. The van der Waals surface area contributed by atoms with E-state index in [2.05, 4.69) is 6.92 Å². The number of rotatable bonds is 14. The first-order valence-corrected chi connectivity index (χ1v) is 10.7. The predicted octanol–water partition coefficient (Wildman–Crippen LogP) is 3.13. The molecule has 0 radical (unpaired) electrons. The zero-order chi connectivity index (χ0) is 20.3. The van der Waals surface area contributed by atoms with Crippen molar-refractivity contribution in [1.82, 2.24) is 0 Å². The van der Waals surface area contributed by atoms with Crippen molar-refractivity contribution in [1.29, 1.82) is 0 Å². The minimum Gasteiger partial charge on any atom is -0.394 e. The summed E-state index contributed by atoms with van der Waals surface area (Å²) in [5, 5.41) is 38.7. The molecule has 4 N–H and O–H groups in total. The van der Waals surface area contributed by atoms with E-state index in [1.165, 1.54) is 0 Å². The van der Waals surface area contributed by atoms with Crippen LogP contribution in [-0.4, -0.2) is 50.6 Å². The van der Waals surface area contributed by atoms with Crippen molar-refractivity contribution in [3.05, 3.63) is 12.2 Å². The van der Waals surface area contributed by atoms with E-state index in [1.807, 2.05) is 19.1 Å². The quantitative estimate of drug-likeness (QED) is 0.272. The van der Waals surface area contributed by atoms with Gasteiger partial charge in [0.15, 0.2) is 0 Å². The van der Waals surface area contributed by atoms with Crippen LogP contribution in [0.1, 0.15) is 84.5 Å². The zero-order valence-electron chi connectivity index (χ0n) is 17.1. The van der Waals surface area contributed by atoms with Crippen LogP contribution in [0.3, 0.4) is 0 Å². The van der Waals surface area contributed by atoms with Crippen LogP contribution in [0.2, 0.25) is 0 Å². The molecule has 27 heavy (non-hydrogen) atoms. The molecule has 1 saturated carbocycles. The Kier molecular flexibility index (Phi) is 11.4. The number of Topliss-reactive ketones (excluding diaryl/α,β-unsaturated/α-hetero) is 1. The third kappa shape index (κ3) is 9.33. The van der Waals surface area contributed by atoms with Gasteiger partial charge in [-0.05, 0) is 32.6 Å². The highest BCUT2D eigenvalue weighted by atomic mass is 16.3. The fourth-order valence-electron chi connectivity index (χ4n) is 3.92. The van der Waals surface area contributed by atoms with Gasteiger partial charge in [0.1, 0.15) is 5.78 Å². The lowest BCUT2D eigenvalue weighted by Crippen LogP contribution is -2.23. The molecular weight excluding hydrogens is 344 g/mol. The fraction of sp³-hybridized carbons (Fsp3) is 0.864. The minimum atomic E-state index is -0.727. The third-order valence-electron chi connectivity index (χ3n) is 5.73. The Hall–Kier alpha value is -0.750. The lowest BCUT2D eigenvalue weighted by atomic mass is 9.87. The molecule has 5 nitrogen and oxygen atoms in total. The second kappa shape index (κ2) is 12.7. The summed E-state index contributed by atoms with van der Waals surface area (Å²) in [6.45, 7) is 3.76. The number of hydrogen-bond donors (Lipinski definition) is 4. The van der Waals surface area contributed by atoms with Gasteiger partial charge in [-0.1, -0.05) is 57.6 Å². The SMILES string of the molecule is CCCCC(C)(O)CC=C[C@H]1[C@H](O)CC(=O)[C@@H]1CCCCCCC(O)CO. The molecule has 5 atom stereocenters. The highest BCUT2D eigenvalue weighted by molar-refractivity contribution is 5.84. The van der Waals surface area contributed by atoms with Gasteiger partial charge in [0.05, 0.1) is 24.4 Å². The summed E-state index contributed by atoms with van der Waals surface area (Å²) in [5.74, 6) is -0.124. The maximum Gasteiger partial charge on any atom is 0.139 e. The molecule has 0 heterocycles. The van der Waals surface area contributed by atoms with Crippen LogP contribution in [0, 0.1) is 11.8 Å². The van der Waals surface area contributed by atoms with E-state index in [4.69, 9.17) is 5.11 Å². The number of ketones is 1. The number of carbonyl (C=O) groups is 1. The van der Waals surface area contributed by atoms with Gasteiger partial charge in [0.25, 0.3) is 0 Å². The molecule has 0 aromatic rings. The molecule has 0 bridgehead atoms. The van der Waals surface area contributed by atoms with Gasteiger partial charge in [-0.25, -0.2) is 0 Å². The largest absolute Gasteiger partial charge is 0.394 e. The lowest BCUT2D eigenvalue weighted by molar-refractivity contribution is -0.121. The molecule has 0 aromatic heterocycles. The smallest absolute Gasteiger partial charge is 0.139 e. The number of aliphatic hydroxyl groups excluding tert-OH is 3. The van der Waals surface area contributed by atoms with Gasteiger partial charge in [0.2, 0.25) is 0 Å². The molecule has 0 saturated heterocycles. The normalized spacial score (nSPS) is 26.6. The summed E-state index contributed by atoms with van der Waals surface area (Å²) in [6.07, 6.45) is 11.4. The number of hydrogen-bond acceptors (Lipinski definition) is 5. The Balaban J connectivity index is 2.41. The lowest BCUT2D eigenvalue weighted by Gasteiger charge is -2.22. The van der Waals surface area contributed by atoms with Gasteiger partial charge in [-0.15, -0.1) is 0 Å². The van der Waals surface area contributed by atoms with Crippen molar-refractivity contribution in [3.63, 3.8) is 0 Å². The summed E-state index contributed by atoms with van der Waals surface area (Å²) < 4.78 is 0. The first-order valence-electron chi connectivity index (χ1n) is 10.7. The van der Waals surface area contributed by atoms with E-state index < -0.39 is 17.8 Å². The molecule has 0 aliphatic heterocycles. The maximum atomic E-state index is 12.2. The molecule has 2 unspecified atom stereocenters. The van der Waals surface area contributed by atoms with Gasteiger partial charge < -0.3 is 20.4 Å².